The van der Waals surface area contributed by atoms with Gasteiger partial charge >= 0.3 is 0 Å². The maximum atomic E-state index is 12.0. The maximum Gasteiger partial charge on any atom is 0.262 e. The number of carbonyl (C=O) groups excluding carboxylic acids is 1. The second kappa shape index (κ2) is 5.09. The van der Waals surface area contributed by atoms with Gasteiger partial charge in [0.2, 0.25) is 0 Å². The maximum absolute atomic E-state index is 12.0. The van der Waals surface area contributed by atoms with E-state index in [4.69, 9.17) is 0 Å². The average molecular weight is 260 g/mol. The Bertz CT molecular complexity index is 655. The first-order chi connectivity index (χ1) is 8.99. The molecule has 0 aliphatic carbocycles. The number of aromatic amines is 1. The van der Waals surface area contributed by atoms with Crippen molar-refractivity contribution in [2.75, 3.05) is 5.32 Å². The van der Waals surface area contributed by atoms with Crippen LogP contribution in [-0.4, -0.2) is 20.7 Å². The minimum Gasteiger partial charge on any atom is -0.364 e. The number of pyridine rings is 1. The Labute approximate surface area is 110 Å². The summed E-state index contributed by atoms with van der Waals surface area (Å²) in [6, 6.07) is 3.22. The van der Waals surface area contributed by atoms with Crippen LogP contribution in [0.5, 0.6) is 0 Å². The molecule has 2 heterocycles. The highest BCUT2D eigenvalue weighted by molar-refractivity contribution is 6.03. The summed E-state index contributed by atoms with van der Waals surface area (Å²) in [6.45, 7) is 5.68. The predicted molar refractivity (Wildman–Crippen MR) is 72.4 cm³/mol. The van der Waals surface area contributed by atoms with Crippen LogP contribution < -0.4 is 10.7 Å². The Hall–Kier alpha value is -2.37. The lowest BCUT2D eigenvalue weighted by Crippen LogP contribution is -2.23. The zero-order valence-corrected chi connectivity index (χ0v) is 11.1. The molecule has 2 rings (SSSR count). The first-order valence-electron chi connectivity index (χ1n) is 6.03. The van der Waals surface area contributed by atoms with E-state index in [2.05, 4.69) is 15.4 Å². The zero-order valence-electron chi connectivity index (χ0n) is 11.1. The van der Waals surface area contributed by atoms with E-state index >= 15 is 0 Å². The molecule has 2 N–H and O–H groups in total. The monoisotopic (exact) mass is 260 g/mol. The number of anilines is 1. The van der Waals surface area contributed by atoms with Gasteiger partial charge in [-0.25, -0.2) is 4.68 Å². The van der Waals surface area contributed by atoms with E-state index in [-0.39, 0.29) is 17.0 Å². The van der Waals surface area contributed by atoms with Crippen molar-refractivity contribution in [3.63, 3.8) is 0 Å². The number of carbonyl (C=O) groups is 1. The molecular weight excluding hydrogens is 244 g/mol. The van der Waals surface area contributed by atoms with Crippen LogP contribution in [0.1, 0.15) is 35.9 Å². The van der Waals surface area contributed by atoms with Gasteiger partial charge in [0.15, 0.2) is 5.43 Å². The molecule has 6 nitrogen and oxygen atoms in total. The van der Waals surface area contributed by atoms with Gasteiger partial charge in [-0.2, -0.15) is 5.10 Å². The number of aryl methyl sites for hydroxylation is 1. The number of H-pyrrole nitrogens is 1. The van der Waals surface area contributed by atoms with Crippen molar-refractivity contribution in [1.29, 1.82) is 0 Å². The molecule has 0 bridgehead atoms. The van der Waals surface area contributed by atoms with Gasteiger partial charge in [-0.05, 0) is 20.8 Å². The molecular formula is C13H16N4O2. The van der Waals surface area contributed by atoms with Crippen LogP contribution in [0.3, 0.4) is 0 Å². The van der Waals surface area contributed by atoms with Gasteiger partial charge in [-0.1, -0.05) is 0 Å². The molecule has 2 aromatic rings. The Balaban J connectivity index is 2.26. The zero-order chi connectivity index (χ0) is 14.0. The van der Waals surface area contributed by atoms with E-state index in [9.17, 15) is 9.59 Å². The number of nitrogens with zero attached hydrogens (tertiary/aromatic N) is 2. The smallest absolute Gasteiger partial charge is 0.262 e. The van der Waals surface area contributed by atoms with Gasteiger partial charge < -0.3 is 10.3 Å². The van der Waals surface area contributed by atoms with E-state index in [1.54, 1.807) is 23.9 Å². The number of aromatic nitrogens is 3. The van der Waals surface area contributed by atoms with E-state index < -0.39 is 5.91 Å². The summed E-state index contributed by atoms with van der Waals surface area (Å²) in [5.74, 6) is 0.128. The fourth-order valence-corrected chi connectivity index (χ4v) is 1.76. The molecule has 19 heavy (non-hydrogen) atoms. The summed E-state index contributed by atoms with van der Waals surface area (Å²) in [5.41, 5.74) is 0.500. The third-order valence-electron chi connectivity index (χ3n) is 2.70. The van der Waals surface area contributed by atoms with Crippen LogP contribution in [0.2, 0.25) is 0 Å². The highest BCUT2D eigenvalue weighted by Crippen LogP contribution is 2.13. The van der Waals surface area contributed by atoms with Crippen LogP contribution in [0.15, 0.2) is 29.3 Å². The highest BCUT2D eigenvalue weighted by atomic mass is 16.2. The quantitative estimate of drug-likeness (QED) is 0.881. The first-order valence-corrected chi connectivity index (χ1v) is 6.03. The van der Waals surface area contributed by atoms with Crippen LogP contribution in [-0.2, 0) is 0 Å². The highest BCUT2D eigenvalue weighted by Gasteiger charge is 2.13. The third kappa shape index (κ3) is 2.73. The molecule has 0 unspecified atom stereocenters. The van der Waals surface area contributed by atoms with Gasteiger partial charge in [0.25, 0.3) is 5.91 Å². The van der Waals surface area contributed by atoms with Crippen molar-refractivity contribution in [3.05, 3.63) is 46.0 Å². The average Bonchev–Trinajstić information content (AvgIpc) is 2.76. The third-order valence-corrected chi connectivity index (χ3v) is 2.70. The number of amides is 1. The summed E-state index contributed by atoms with van der Waals surface area (Å²) in [4.78, 5) is 26.6. The second-order valence-electron chi connectivity index (χ2n) is 4.60. The molecule has 100 valence electrons. The molecule has 0 radical (unpaired) electrons. The molecule has 2 aromatic heterocycles. The summed E-state index contributed by atoms with van der Waals surface area (Å²) >= 11 is 0. The van der Waals surface area contributed by atoms with Gasteiger partial charge in [0, 0.05) is 30.1 Å². The molecule has 0 atom stereocenters. The minimum atomic E-state index is -0.441. The fourth-order valence-electron chi connectivity index (χ4n) is 1.76. The molecule has 0 saturated heterocycles. The van der Waals surface area contributed by atoms with Crippen molar-refractivity contribution in [1.82, 2.24) is 14.8 Å². The summed E-state index contributed by atoms with van der Waals surface area (Å²) < 4.78 is 1.68. The summed E-state index contributed by atoms with van der Waals surface area (Å²) in [7, 11) is 0. The summed E-state index contributed by atoms with van der Waals surface area (Å²) in [6.07, 6.45) is 3.03. The number of hydrogen-bond acceptors (Lipinski definition) is 3. The van der Waals surface area contributed by atoms with Crippen molar-refractivity contribution in [2.24, 2.45) is 0 Å². The molecule has 0 aliphatic rings. The lowest BCUT2D eigenvalue weighted by Gasteiger charge is -2.11. The van der Waals surface area contributed by atoms with Gasteiger partial charge in [-0.15, -0.1) is 0 Å². The lowest BCUT2D eigenvalue weighted by molar-refractivity contribution is 0.102. The van der Waals surface area contributed by atoms with Crippen molar-refractivity contribution in [3.8, 4) is 0 Å². The van der Waals surface area contributed by atoms with Gasteiger partial charge in [0.1, 0.15) is 11.4 Å². The second-order valence-corrected chi connectivity index (χ2v) is 4.60. The first kappa shape index (κ1) is 13.1. The Morgan fingerprint density at radius 1 is 1.47 bits per heavy atom. The fraction of sp³-hybridized carbons (Fsp3) is 0.308. The minimum absolute atomic E-state index is 0.0853. The van der Waals surface area contributed by atoms with E-state index in [1.807, 2.05) is 13.8 Å². The predicted octanol–water partition coefficient (Wildman–Crippen LogP) is 1.71. The van der Waals surface area contributed by atoms with Crippen LogP contribution in [0.25, 0.3) is 0 Å². The van der Waals surface area contributed by atoms with Crippen LogP contribution in [0, 0.1) is 6.92 Å². The molecule has 0 fully saturated rings. The standard InChI is InChI=1S/C13H16N4O2/c1-8(2)17-12(4-5-15-17)16-13(19)10-7-14-9(3)6-11(10)18/h4-8H,1-3H3,(H,14,18)(H,16,19). The molecule has 0 spiro atoms. The van der Waals surface area contributed by atoms with E-state index in [0.717, 1.165) is 0 Å². The molecule has 6 heteroatoms. The molecule has 1 amide bonds. The largest absolute Gasteiger partial charge is 0.364 e. The Morgan fingerprint density at radius 3 is 2.84 bits per heavy atom. The number of rotatable bonds is 3. The van der Waals surface area contributed by atoms with E-state index in [1.165, 1.54) is 12.3 Å². The van der Waals surface area contributed by atoms with Gasteiger partial charge in [-0.3, -0.25) is 9.59 Å². The lowest BCUT2D eigenvalue weighted by atomic mass is 10.2. The SMILES string of the molecule is Cc1cc(=O)c(C(=O)Nc2ccnn2C(C)C)c[nH]1. The van der Waals surface area contributed by atoms with Crippen LogP contribution >= 0.6 is 0 Å². The summed E-state index contributed by atoms with van der Waals surface area (Å²) in [5, 5.41) is 6.80. The molecule has 0 aliphatic heterocycles. The molecule has 0 aromatic carbocycles. The van der Waals surface area contributed by atoms with Crippen LogP contribution in [0.4, 0.5) is 5.82 Å². The molecule has 0 saturated carbocycles. The number of nitrogens with one attached hydrogen (secondary N) is 2. The normalized spacial score (nSPS) is 10.7. The van der Waals surface area contributed by atoms with Crippen molar-refractivity contribution >= 4 is 11.7 Å². The Morgan fingerprint density at radius 2 is 2.21 bits per heavy atom. The van der Waals surface area contributed by atoms with Gasteiger partial charge in [0.05, 0.1) is 6.20 Å². The van der Waals surface area contributed by atoms with Crippen molar-refractivity contribution in [2.45, 2.75) is 26.8 Å². The topological polar surface area (TPSA) is 79.8 Å². The number of hydrogen-bond donors (Lipinski definition) is 2. The van der Waals surface area contributed by atoms with E-state index in [0.29, 0.717) is 11.5 Å². The van der Waals surface area contributed by atoms with Crippen molar-refractivity contribution < 1.29 is 4.79 Å². The Kier molecular flexibility index (Phi) is 3.50.